The quantitative estimate of drug-likeness (QED) is 0.0393. The van der Waals surface area contributed by atoms with Crippen molar-refractivity contribution < 1.29 is 32.9 Å². The van der Waals surface area contributed by atoms with Crippen LogP contribution in [0.15, 0.2) is 0 Å². The summed E-state index contributed by atoms with van der Waals surface area (Å²) in [6, 6.07) is 0. The molecule has 0 rings (SSSR count). The summed E-state index contributed by atoms with van der Waals surface area (Å²) in [7, 11) is 2.51. The van der Waals surface area contributed by atoms with Crippen LogP contribution in [0.4, 0.5) is 0 Å². The second-order valence-corrected chi connectivity index (χ2v) is 16.0. The van der Waals surface area contributed by atoms with E-state index in [1.54, 1.807) is 0 Å². The summed E-state index contributed by atoms with van der Waals surface area (Å²) in [5.41, 5.74) is 0. The average Bonchev–Trinajstić information content (AvgIpc) is 2.89. The molecule has 0 atom stereocenters. The van der Waals surface area contributed by atoms with Crippen molar-refractivity contribution in [1.82, 2.24) is 0 Å². The van der Waals surface area contributed by atoms with E-state index in [4.69, 9.17) is 14.8 Å². The molecule has 0 spiro atoms. The van der Waals surface area contributed by atoms with Gasteiger partial charge in [0.1, 0.15) is 0 Å². The Bertz CT molecular complexity index is 335. The maximum absolute atomic E-state index is 7.38. The first kappa shape index (κ1) is 44.9. The van der Waals surface area contributed by atoms with Gasteiger partial charge in [0.25, 0.3) is 0 Å². The van der Waals surface area contributed by atoms with E-state index >= 15 is 0 Å². The maximum atomic E-state index is 7.38. The van der Waals surface area contributed by atoms with Crippen LogP contribution in [0.2, 0.25) is 0 Å². The Labute approximate surface area is 255 Å². The fourth-order valence-electron chi connectivity index (χ4n) is 4.37. The molecule has 0 bridgehead atoms. The van der Waals surface area contributed by atoms with Crippen molar-refractivity contribution in [2.24, 2.45) is 0 Å². The van der Waals surface area contributed by atoms with Crippen LogP contribution < -0.4 is 0 Å². The topological polar surface area (TPSA) is 80.9 Å². The van der Waals surface area contributed by atoms with Gasteiger partial charge in [0.2, 0.25) is 0 Å². The normalized spacial score (nSPS) is 11.1. The van der Waals surface area contributed by atoms with Gasteiger partial charge in [-0.2, -0.15) is 0 Å². The zero-order chi connectivity index (χ0) is 29.7. The first-order valence-corrected chi connectivity index (χ1v) is 22.8. The third-order valence-corrected chi connectivity index (χ3v) is 9.66. The van der Waals surface area contributed by atoms with Crippen LogP contribution in [0.1, 0.15) is 182 Å². The van der Waals surface area contributed by atoms with E-state index in [0.29, 0.717) is 0 Å². The first-order chi connectivity index (χ1) is 18.8. The predicted octanol–water partition coefficient (Wildman–Crippen LogP) is 10.5. The van der Waals surface area contributed by atoms with Gasteiger partial charge in [-0.05, 0) is 50.3 Å². The molecule has 0 aliphatic carbocycles. The van der Waals surface area contributed by atoms with E-state index in [-0.39, 0.29) is 0 Å². The molecule has 0 aliphatic heterocycles. The van der Waals surface area contributed by atoms with Crippen LogP contribution in [-0.4, -0.2) is 39.4 Å². The Kier molecular flexibility index (Phi) is 47.8. The van der Waals surface area contributed by atoms with E-state index in [0.717, 1.165) is 0 Å². The van der Waals surface area contributed by atoms with E-state index in [9.17, 15) is 0 Å². The molecule has 0 aromatic carbocycles. The Hall–Kier alpha value is 1.41. The van der Waals surface area contributed by atoms with E-state index in [2.05, 4.69) is 27.7 Å². The number of rotatable bonds is 28. The Morgan fingerprint density at radius 1 is 0.308 bits per heavy atom. The molecule has 39 heavy (non-hydrogen) atoms. The van der Waals surface area contributed by atoms with Gasteiger partial charge in [-0.1, -0.05) is 156 Å². The van der Waals surface area contributed by atoms with Crippen molar-refractivity contribution in [2.45, 2.75) is 182 Å². The zero-order valence-electron chi connectivity index (χ0n) is 27.1. The molecule has 0 amide bonds. The van der Waals surface area contributed by atoms with Gasteiger partial charge in [-0.25, -0.2) is 0 Å². The summed E-state index contributed by atoms with van der Waals surface area (Å²) in [6.45, 7) is 9.17. The van der Waals surface area contributed by atoms with Gasteiger partial charge < -0.3 is 0 Å². The van der Waals surface area contributed by atoms with Crippen molar-refractivity contribution in [3.63, 3.8) is 0 Å². The SMILES string of the molecule is CCCCCCCCPCCCCCCCC.CCCCCCCCPCCCCCCCC.[OH][Ti]([OH])([OH])[OH]. The molecular weight excluding hydrogens is 558 g/mol. The molecule has 0 fully saturated rings. The molecule has 4 N–H and O–H groups in total. The third kappa shape index (κ3) is 63.8. The van der Waals surface area contributed by atoms with Crippen LogP contribution in [0.25, 0.3) is 0 Å². The third-order valence-electron chi connectivity index (χ3n) is 6.83. The summed E-state index contributed by atoms with van der Waals surface area (Å²) < 4.78 is 29.5. The summed E-state index contributed by atoms with van der Waals surface area (Å²) >= 11 is -5.00. The standard InChI is InChI=1S/2C16H35P.4H2O.Ti/c2*1-3-5-7-9-11-13-15-17-16-14-12-10-8-6-4-2;;;;;/h2*17H,3-16H2,1-2H3;4*1H2;/q;;;;;;+4/p-4. The second-order valence-electron chi connectivity index (χ2n) is 11.2. The zero-order valence-corrected chi connectivity index (χ0v) is 30.6. The summed E-state index contributed by atoms with van der Waals surface area (Å²) in [5, 5.41) is 0. The van der Waals surface area contributed by atoms with E-state index in [1.165, 1.54) is 196 Å². The minimum absolute atomic E-state index is 1.26. The molecule has 0 aromatic rings. The summed E-state index contributed by atoms with van der Waals surface area (Å²) in [4.78, 5) is 0. The fraction of sp³-hybridized carbons (Fsp3) is 1.00. The van der Waals surface area contributed by atoms with Gasteiger partial charge in [0, 0.05) is 0 Å². The van der Waals surface area contributed by atoms with E-state index in [1.807, 2.05) is 0 Å². The molecule has 0 aliphatic rings. The van der Waals surface area contributed by atoms with Crippen molar-refractivity contribution in [3.8, 4) is 0 Å². The minimum atomic E-state index is -5.00. The molecular formula is C32H74O4P2Ti. The van der Waals surface area contributed by atoms with Gasteiger partial charge in [-0.3, -0.25) is 0 Å². The van der Waals surface area contributed by atoms with Gasteiger partial charge in [-0.15, -0.1) is 17.2 Å². The monoisotopic (exact) mass is 632 g/mol. The Morgan fingerprint density at radius 2 is 0.462 bits per heavy atom. The predicted molar refractivity (Wildman–Crippen MR) is 178 cm³/mol. The van der Waals surface area contributed by atoms with Crippen molar-refractivity contribution in [1.29, 1.82) is 0 Å². The van der Waals surface area contributed by atoms with Crippen molar-refractivity contribution in [3.05, 3.63) is 0 Å². The molecule has 0 aromatic heterocycles. The van der Waals surface area contributed by atoms with Gasteiger partial charge in [0.05, 0.1) is 0 Å². The molecule has 0 saturated heterocycles. The first-order valence-electron chi connectivity index (χ1n) is 17.1. The van der Waals surface area contributed by atoms with Crippen LogP contribution in [0.3, 0.4) is 0 Å². The molecule has 0 heterocycles. The molecule has 240 valence electrons. The van der Waals surface area contributed by atoms with Crippen molar-refractivity contribution in [2.75, 3.05) is 24.6 Å². The van der Waals surface area contributed by atoms with Gasteiger partial charge >= 0.3 is 32.9 Å². The van der Waals surface area contributed by atoms with Gasteiger partial charge in [0.15, 0.2) is 0 Å². The summed E-state index contributed by atoms with van der Waals surface area (Å²) in [5.74, 6) is 0. The summed E-state index contributed by atoms with van der Waals surface area (Å²) in [6.07, 6.45) is 41.1. The van der Waals surface area contributed by atoms with Crippen LogP contribution >= 0.6 is 17.2 Å². The Morgan fingerprint density at radius 3 is 0.641 bits per heavy atom. The molecule has 0 unspecified atom stereocenters. The molecule has 0 radical (unpaired) electrons. The van der Waals surface area contributed by atoms with Crippen molar-refractivity contribution >= 4 is 17.2 Å². The molecule has 7 heteroatoms. The average molecular weight is 633 g/mol. The molecule has 0 saturated carbocycles. The van der Waals surface area contributed by atoms with Crippen LogP contribution in [-0.2, 0) is 18.1 Å². The van der Waals surface area contributed by atoms with E-state index < -0.39 is 18.1 Å². The molecule has 4 nitrogen and oxygen atoms in total. The number of unbranched alkanes of at least 4 members (excludes halogenated alkanes) is 20. The van der Waals surface area contributed by atoms with Crippen LogP contribution in [0, 0.1) is 0 Å². The van der Waals surface area contributed by atoms with Crippen LogP contribution in [0.5, 0.6) is 0 Å². The number of hydrogen-bond donors (Lipinski definition) is 4. The number of hydrogen-bond acceptors (Lipinski definition) is 4. The Balaban J connectivity index is -0.000000566. The second kappa shape index (κ2) is 41.5. The fourth-order valence-corrected chi connectivity index (χ4v) is 6.87.